The molecule has 0 spiro atoms. The van der Waals surface area contributed by atoms with Gasteiger partial charge in [0.2, 0.25) is 0 Å². The first-order valence-corrected chi connectivity index (χ1v) is 6.43. The van der Waals surface area contributed by atoms with Crippen LogP contribution in [0.3, 0.4) is 0 Å². The molecule has 0 aliphatic heterocycles. The Morgan fingerprint density at radius 1 is 1.24 bits per heavy atom. The molecule has 1 rings (SSSR count). The average molecular weight is 230 g/mol. The Hall–Kier alpha value is -1.26. The van der Waals surface area contributed by atoms with Crippen LogP contribution in [0.2, 0.25) is 0 Å². The summed E-state index contributed by atoms with van der Waals surface area (Å²) in [7, 11) is 1.74. The molecule has 1 nitrogen and oxygen atoms in total. The van der Waals surface area contributed by atoms with Crippen molar-refractivity contribution in [3.05, 3.63) is 35.4 Å². The number of hydrogen-bond donors (Lipinski definition) is 0. The van der Waals surface area contributed by atoms with Gasteiger partial charge in [-0.15, -0.1) is 0 Å². The third-order valence-electron chi connectivity index (χ3n) is 2.60. The summed E-state index contributed by atoms with van der Waals surface area (Å²) in [5, 5.41) is 0. The maximum absolute atomic E-state index is 5.00. The van der Waals surface area contributed by atoms with Crippen LogP contribution in [0.25, 0.3) is 0 Å². The van der Waals surface area contributed by atoms with Crippen molar-refractivity contribution in [3.63, 3.8) is 0 Å². The molecule has 1 heteroatoms. The lowest BCUT2D eigenvalue weighted by atomic mass is 10.1. The van der Waals surface area contributed by atoms with Gasteiger partial charge in [-0.3, -0.25) is 0 Å². The van der Waals surface area contributed by atoms with Gasteiger partial charge in [-0.05, 0) is 37.0 Å². The second-order valence-electron chi connectivity index (χ2n) is 4.20. The van der Waals surface area contributed by atoms with E-state index in [-0.39, 0.29) is 0 Å². The van der Waals surface area contributed by atoms with E-state index in [4.69, 9.17) is 4.74 Å². The van der Waals surface area contributed by atoms with Crippen LogP contribution in [0.15, 0.2) is 24.3 Å². The largest absolute Gasteiger partial charge is 0.385 e. The summed E-state index contributed by atoms with van der Waals surface area (Å²) in [4.78, 5) is 0. The van der Waals surface area contributed by atoms with E-state index in [1.54, 1.807) is 7.11 Å². The fourth-order valence-electron chi connectivity index (χ4n) is 1.72. The van der Waals surface area contributed by atoms with Gasteiger partial charge < -0.3 is 4.74 Å². The van der Waals surface area contributed by atoms with Crippen molar-refractivity contribution in [1.29, 1.82) is 0 Å². The molecule has 1 aromatic carbocycles. The number of methoxy groups -OCH3 is 1. The molecule has 0 saturated heterocycles. The molecular weight excluding hydrogens is 208 g/mol. The number of ether oxygens (including phenoxy) is 1. The number of hydrogen-bond acceptors (Lipinski definition) is 1. The minimum absolute atomic E-state index is 0.841. The third-order valence-corrected chi connectivity index (χ3v) is 2.60. The van der Waals surface area contributed by atoms with Crippen molar-refractivity contribution >= 4 is 0 Å². The molecule has 0 aliphatic carbocycles. The molecule has 0 radical (unpaired) electrons. The zero-order chi connectivity index (χ0) is 12.3. The highest BCUT2D eigenvalue weighted by molar-refractivity contribution is 5.37. The average Bonchev–Trinajstić information content (AvgIpc) is 2.35. The second kappa shape index (κ2) is 8.84. The molecule has 0 amide bonds. The summed E-state index contributed by atoms with van der Waals surface area (Å²) in [5.74, 6) is 6.45. The van der Waals surface area contributed by atoms with Crippen LogP contribution in [0.5, 0.6) is 0 Å². The van der Waals surface area contributed by atoms with Crippen LogP contribution in [0.1, 0.15) is 43.7 Å². The monoisotopic (exact) mass is 230 g/mol. The Balaban J connectivity index is 2.39. The highest BCUT2D eigenvalue weighted by atomic mass is 16.5. The highest BCUT2D eigenvalue weighted by Crippen LogP contribution is 2.06. The summed E-state index contributed by atoms with van der Waals surface area (Å²) in [6, 6.07) is 8.56. The van der Waals surface area contributed by atoms with Crippen LogP contribution in [0.4, 0.5) is 0 Å². The van der Waals surface area contributed by atoms with Gasteiger partial charge in [0.1, 0.15) is 0 Å². The Morgan fingerprint density at radius 2 is 2.12 bits per heavy atom. The fraction of sp³-hybridized carbons (Fsp3) is 0.500. The SMILES string of the molecule is CCCc1cccc(C#CCCCCOC)c1. The van der Waals surface area contributed by atoms with Gasteiger partial charge in [-0.1, -0.05) is 37.3 Å². The maximum Gasteiger partial charge on any atom is 0.0462 e. The lowest BCUT2D eigenvalue weighted by Crippen LogP contribution is -1.87. The molecular formula is C16H22O. The summed E-state index contributed by atoms with van der Waals surface area (Å²) in [6.07, 6.45) is 5.51. The van der Waals surface area contributed by atoms with Crippen LogP contribution >= 0.6 is 0 Å². The van der Waals surface area contributed by atoms with E-state index >= 15 is 0 Å². The van der Waals surface area contributed by atoms with E-state index < -0.39 is 0 Å². The van der Waals surface area contributed by atoms with Crippen molar-refractivity contribution in [2.45, 2.75) is 39.0 Å². The predicted molar refractivity (Wildman–Crippen MR) is 73.0 cm³/mol. The summed E-state index contributed by atoms with van der Waals surface area (Å²) < 4.78 is 5.00. The van der Waals surface area contributed by atoms with E-state index in [2.05, 4.69) is 43.0 Å². The van der Waals surface area contributed by atoms with Crippen molar-refractivity contribution in [1.82, 2.24) is 0 Å². The second-order valence-corrected chi connectivity index (χ2v) is 4.20. The minimum atomic E-state index is 0.841. The molecule has 0 atom stereocenters. The molecule has 0 unspecified atom stereocenters. The molecule has 17 heavy (non-hydrogen) atoms. The van der Waals surface area contributed by atoms with Crippen LogP contribution in [0, 0.1) is 11.8 Å². The van der Waals surface area contributed by atoms with Gasteiger partial charge in [0.15, 0.2) is 0 Å². The van der Waals surface area contributed by atoms with Gasteiger partial charge in [0.25, 0.3) is 0 Å². The quantitative estimate of drug-likeness (QED) is 0.533. The van der Waals surface area contributed by atoms with Crippen LogP contribution in [-0.2, 0) is 11.2 Å². The standard InChI is InChI=1S/C16H22O/c1-3-9-15-11-8-12-16(14-15)10-6-4-5-7-13-17-2/h8,11-12,14H,3-5,7,9,13H2,1-2H3. The Labute approximate surface area is 105 Å². The Morgan fingerprint density at radius 3 is 2.88 bits per heavy atom. The van der Waals surface area contributed by atoms with Crippen molar-refractivity contribution < 1.29 is 4.74 Å². The summed E-state index contributed by atoms with van der Waals surface area (Å²) >= 11 is 0. The van der Waals surface area contributed by atoms with Gasteiger partial charge in [-0.25, -0.2) is 0 Å². The fourth-order valence-corrected chi connectivity index (χ4v) is 1.72. The third kappa shape index (κ3) is 6.14. The normalized spacial score (nSPS) is 9.76. The molecule has 0 heterocycles. The van der Waals surface area contributed by atoms with Crippen LogP contribution in [-0.4, -0.2) is 13.7 Å². The molecule has 0 N–H and O–H groups in total. The summed E-state index contributed by atoms with van der Waals surface area (Å²) in [6.45, 7) is 3.04. The lowest BCUT2D eigenvalue weighted by molar-refractivity contribution is 0.193. The molecule has 1 aromatic rings. The zero-order valence-electron chi connectivity index (χ0n) is 11.0. The number of rotatable bonds is 6. The number of aryl methyl sites for hydroxylation is 1. The van der Waals surface area contributed by atoms with E-state index in [0.717, 1.165) is 37.9 Å². The van der Waals surface area contributed by atoms with E-state index in [0.29, 0.717) is 0 Å². The van der Waals surface area contributed by atoms with Crippen LogP contribution < -0.4 is 0 Å². The minimum Gasteiger partial charge on any atom is -0.385 e. The van der Waals surface area contributed by atoms with Gasteiger partial charge in [0.05, 0.1) is 0 Å². The van der Waals surface area contributed by atoms with E-state index in [1.165, 1.54) is 12.0 Å². The summed E-state index contributed by atoms with van der Waals surface area (Å²) in [5.41, 5.74) is 2.53. The lowest BCUT2D eigenvalue weighted by Gasteiger charge is -1.98. The topological polar surface area (TPSA) is 9.23 Å². The molecule has 0 saturated carbocycles. The zero-order valence-corrected chi connectivity index (χ0v) is 11.0. The smallest absolute Gasteiger partial charge is 0.0462 e. The van der Waals surface area contributed by atoms with Crippen molar-refractivity contribution in [2.75, 3.05) is 13.7 Å². The number of benzene rings is 1. The number of unbranched alkanes of at least 4 members (excludes halogenated alkanes) is 2. The molecule has 0 aromatic heterocycles. The van der Waals surface area contributed by atoms with Gasteiger partial charge in [-0.2, -0.15) is 0 Å². The van der Waals surface area contributed by atoms with Crippen molar-refractivity contribution in [2.24, 2.45) is 0 Å². The van der Waals surface area contributed by atoms with Gasteiger partial charge >= 0.3 is 0 Å². The first-order valence-electron chi connectivity index (χ1n) is 6.43. The predicted octanol–water partition coefficient (Wildman–Crippen LogP) is 3.81. The molecule has 0 fully saturated rings. The van der Waals surface area contributed by atoms with E-state index in [1.807, 2.05) is 0 Å². The highest BCUT2D eigenvalue weighted by Gasteiger charge is 1.92. The van der Waals surface area contributed by atoms with Gasteiger partial charge in [0, 0.05) is 25.7 Å². The van der Waals surface area contributed by atoms with E-state index in [9.17, 15) is 0 Å². The molecule has 0 aliphatic rings. The maximum atomic E-state index is 5.00. The first-order chi connectivity index (χ1) is 8.36. The molecule has 92 valence electrons. The van der Waals surface area contributed by atoms with Crippen molar-refractivity contribution in [3.8, 4) is 11.8 Å². The Kier molecular flexibility index (Phi) is 7.18. The first kappa shape index (κ1) is 13.8. The molecule has 0 bridgehead atoms. The Bertz CT molecular complexity index is 371.